The molecule has 1 aliphatic heterocycles. The second-order valence-corrected chi connectivity index (χ2v) is 8.90. The third-order valence-electron chi connectivity index (χ3n) is 5.33. The number of fused-ring (bicyclic) bond motifs is 1. The van der Waals surface area contributed by atoms with Gasteiger partial charge < -0.3 is 15.4 Å². The molecule has 0 spiro atoms. The Hall–Kier alpha value is -0.0400. The fourth-order valence-corrected chi connectivity index (χ4v) is 3.89. The average molecular weight is 437 g/mol. The molecule has 1 saturated carbocycles. The molecule has 0 aromatic carbocycles. The Kier molecular flexibility index (Phi) is 7.21. The van der Waals surface area contributed by atoms with E-state index in [4.69, 9.17) is 4.74 Å². The molecule has 2 N–H and O–H groups in total. The summed E-state index contributed by atoms with van der Waals surface area (Å²) < 4.78 is 5.87. The van der Waals surface area contributed by atoms with Gasteiger partial charge in [0.25, 0.3) is 0 Å². The summed E-state index contributed by atoms with van der Waals surface area (Å²) in [6.07, 6.45) is 3.96. The minimum absolute atomic E-state index is 0. The maximum absolute atomic E-state index is 5.87. The van der Waals surface area contributed by atoms with E-state index in [1.54, 1.807) is 0 Å². The van der Waals surface area contributed by atoms with Crippen LogP contribution in [0.25, 0.3) is 0 Å². The molecular weight excluding hydrogens is 401 g/mol. The number of guanidine groups is 1. The lowest BCUT2D eigenvalue weighted by molar-refractivity contribution is -0.106. The van der Waals surface area contributed by atoms with Gasteiger partial charge >= 0.3 is 0 Å². The summed E-state index contributed by atoms with van der Waals surface area (Å²) in [7, 11) is 1.86. The second kappa shape index (κ2) is 7.89. The molecule has 0 radical (unpaired) electrons. The molecule has 0 aromatic rings. The minimum Gasteiger partial charge on any atom is -0.377 e. The van der Waals surface area contributed by atoms with E-state index in [1.807, 2.05) is 7.05 Å². The highest BCUT2D eigenvalue weighted by atomic mass is 127. The topological polar surface area (TPSA) is 45.7 Å². The fourth-order valence-electron chi connectivity index (χ4n) is 3.89. The number of nitrogens with zero attached hydrogens (tertiary/aromatic N) is 1. The molecule has 0 bridgehead atoms. The molecule has 0 amide bonds. The summed E-state index contributed by atoms with van der Waals surface area (Å²) in [5.41, 5.74) is 0.574. The first kappa shape index (κ1) is 21.0. The van der Waals surface area contributed by atoms with E-state index in [1.165, 1.54) is 12.8 Å². The summed E-state index contributed by atoms with van der Waals surface area (Å²) in [4.78, 5) is 4.43. The quantitative estimate of drug-likeness (QED) is 0.400. The molecule has 23 heavy (non-hydrogen) atoms. The normalized spacial score (nSPS) is 30.7. The van der Waals surface area contributed by atoms with Crippen LogP contribution in [0.15, 0.2) is 4.99 Å². The van der Waals surface area contributed by atoms with Gasteiger partial charge in [0.15, 0.2) is 5.96 Å². The zero-order valence-corrected chi connectivity index (χ0v) is 18.2. The zero-order chi connectivity index (χ0) is 16.5. The first-order chi connectivity index (χ1) is 10.1. The molecule has 1 aliphatic carbocycles. The lowest BCUT2D eigenvalue weighted by atomic mass is 9.57. The number of aliphatic imine (C=N–C) groups is 1. The van der Waals surface area contributed by atoms with Crippen molar-refractivity contribution in [2.45, 2.75) is 79.0 Å². The molecule has 1 saturated heterocycles. The van der Waals surface area contributed by atoms with E-state index in [9.17, 15) is 0 Å². The Bertz CT molecular complexity index is 417. The molecule has 2 aliphatic rings. The zero-order valence-electron chi connectivity index (χ0n) is 15.9. The van der Waals surface area contributed by atoms with Gasteiger partial charge in [-0.25, -0.2) is 0 Å². The van der Waals surface area contributed by atoms with Crippen molar-refractivity contribution >= 4 is 29.9 Å². The van der Waals surface area contributed by atoms with Crippen LogP contribution < -0.4 is 10.6 Å². The molecule has 136 valence electrons. The van der Waals surface area contributed by atoms with Crippen molar-refractivity contribution in [2.75, 3.05) is 13.7 Å². The van der Waals surface area contributed by atoms with Crippen molar-refractivity contribution in [1.82, 2.24) is 10.6 Å². The van der Waals surface area contributed by atoms with E-state index < -0.39 is 0 Å². The van der Waals surface area contributed by atoms with Gasteiger partial charge in [-0.2, -0.15) is 0 Å². The summed E-state index contributed by atoms with van der Waals surface area (Å²) in [6, 6.07) is 0.894. The van der Waals surface area contributed by atoms with Crippen LogP contribution in [-0.2, 0) is 4.74 Å². The predicted molar refractivity (Wildman–Crippen MR) is 109 cm³/mol. The van der Waals surface area contributed by atoms with Gasteiger partial charge in [-0.1, -0.05) is 34.6 Å². The number of hydrogen-bond acceptors (Lipinski definition) is 2. The Labute approximate surface area is 159 Å². The predicted octanol–water partition coefficient (Wildman–Crippen LogP) is 3.80. The van der Waals surface area contributed by atoms with Gasteiger partial charge in [0, 0.05) is 37.1 Å². The molecule has 0 aromatic heterocycles. The first-order valence-electron chi connectivity index (χ1n) is 8.76. The van der Waals surface area contributed by atoms with Crippen LogP contribution in [0.1, 0.15) is 60.8 Å². The van der Waals surface area contributed by atoms with Gasteiger partial charge in [0.05, 0.1) is 6.10 Å². The van der Waals surface area contributed by atoms with E-state index in [2.05, 4.69) is 57.2 Å². The van der Waals surface area contributed by atoms with Crippen molar-refractivity contribution in [3.05, 3.63) is 0 Å². The fraction of sp³-hybridized carbons (Fsp3) is 0.944. The number of hydrogen-bond donors (Lipinski definition) is 2. The van der Waals surface area contributed by atoms with Crippen LogP contribution in [0.4, 0.5) is 0 Å². The number of nitrogens with one attached hydrogen (secondary N) is 2. The van der Waals surface area contributed by atoms with Crippen LogP contribution in [0.2, 0.25) is 0 Å². The second-order valence-electron chi connectivity index (χ2n) is 8.90. The molecule has 4 nitrogen and oxygen atoms in total. The lowest BCUT2D eigenvalue weighted by Gasteiger charge is -2.55. The minimum atomic E-state index is 0. The third kappa shape index (κ3) is 4.97. The van der Waals surface area contributed by atoms with E-state index in [-0.39, 0.29) is 29.4 Å². The van der Waals surface area contributed by atoms with Crippen molar-refractivity contribution in [3.8, 4) is 0 Å². The highest BCUT2D eigenvalue weighted by Gasteiger charge is 2.59. The van der Waals surface area contributed by atoms with Crippen LogP contribution >= 0.6 is 24.0 Å². The lowest BCUT2D eigenvalue weighted by Crippen LogP contribution is -2.68. The van der Waals surface area contributed by atoms with Gasteiger partial charge in [-0.3, -0.25) is 4.99 Å². The first-order valence-corrected chi connectivity index (χ1v) is 8.76. The summed E-state index contributed by atoms with van der Waals surface area (Å²) >= 11 is 0. The van der Waals surface area contributed by atoms with Crippen molar-refractivity contribution in [1.29, 1.82) is 0 Å². The molecule has 4 atom stereocenters. The number of rotatable bonds is 4. The summed E-state index contributed by atoms with van der Waals surface area (Å²) in [6.45, 7) is 14.6. The molecule has 2 fully saturated rings. The SMILES string of the molecule is CN=C(NC(C)CCC(C)(C)C)NC1C2CCOC2C1(C)C.I. The maximum Gasteiger partial charge on any atom is 0.191 e. The van der Waals surface area contributed by atoms with Crippen molar-refractivity contribution in [2.24, 2.45) is 21.7 Å². The van der Waals surface area contributed by atoms with Gasteiger partial charge in [0.1, 0.15) is 0 Å². The van der Waals surface area contributed by atoms with Crippen molar-refractivity contribution < 1.29 is 4.74 Å². The third-order valence-corrected chi connectivity index (χ3v) is 5.33. The Balaban J connectivity index is 0.00000264. The van der Waals surface area contributed by atoms with Crippen LogP contribution in [0, 0.1) is 16.7 Å². The smallest absolute Gasteiger partial charge is 0.191 e. The Morgan fingerprint density at radius 2 is 2.00 bits per heavy atom. The summed E-state index contributed by atoms with van der Waals surface area (Å²) in [5.74, 6) is 1.57. The van der Waals surface area contributed by atoms with Gasteiger partial charge in [0.2, 0.25) is 0 Å². The standard InChI is InChI=1S/C18H35N3O.HI/c1-12(8-10-17(2,3)4)20-16(19-7)21-14-13-9-11-22-15(13)18(14,5)6;/h12-15H,8-11H2,1-7H3,(H2,19,20,21);1H. The van der Waals surface area contributed by atoms with E-state index >= 15 is 0 Å². The maximum atomic E-state index is 5.87. The van der Waals surface area contributed by atoms with Gasteiger partial charge in [-0.15, -0.1) is 24.0 Å². The highest BCUT2D eigenvalue weighted by Crippen LogP contribution is 2.52. The molecular formula is C18H36IN3O. The Morgan fingerprint density at radius 3 is 2.57 bits per heavy atom. The summed E-state index contributed by atoms with van der Waals surface area (Å²) in [5, 5.41) is 7.21. The highest BCUT2D eigenvalue weighted by molar-refractivity contribution is 14.0. The molecule has 2 rings (SSSR count). The average Bonchev–Trinajstić information content (AvgIpc) is 2.87. The van der Waals surface area contributed by atoms with Crippen molar-refractivity contribution in [3.63, 3.8) is 0 Å². The van der Waals surface area contributed by atoms with Crippen LogP contribution in [0.5, 0.6) is 0 Å². The van der Waals surface area contributed by atoms with E-state index in [0.29, 0.717) is 29.5 Å². The monoisotopic (exact) mass is 437 g/mol. The van der Waals surface area contributed by atoms with Crippen LogP contribution in [0.3, 0.4) is 0 Å². The molecule has 1 heterocycles. The molecule has 5 heteroatoms. The Morgan fingerprint density at radius 1 is 1.35 bits per heavy atom. The molecule has 4 unspecified atom stereocenters. The van der Waals surface area contributed by atoms with E-state index in [0.717, 1.165) is 19.0 Å². The largest absolute Gasteiger partial charge is 0.377 e. The van der Waals surface area contributed by atoms with Crippen LogP contribution in [-0.4, -0.2) is 37.8 Å². The number of halogens is 1. The number of ether oxygens (including phenoxy) is 1. The van der Waals surface area contributed by atoms with Gasteiger partial charge in [-0.05, 0) is 31.6 Å².